The highest BCUT2D eigenvalue weighted by Crippen LogP contribution is 2.19. The average Bonchev–Trinajstić information content (AvgIpc) is 2.71. The van der Waals surface area contributed by atoms with Gasteiger partial charge in [0.15, 0.2) is 0 Å². The Morgan fingerprint density at radius 2 is 1.74 bits per heavy atom. The summed E-state index contributed by atoms with van der Waals surface area (Å²) in [5, 5.41) is 2.89. The molecule has 0 spiro atoms. The number of nitrogens with zero attached hydrogens (tertiary/aromatic N) is 1. The zero-order valence-electron chi connectivity index (χ0n) is 16.6. The van der Waals surface area contributed by atoms with Crippen LogP contribution in [0.3, 0.4) is 0 Å². The zero-order valence-corrected chi connectivity index (χ0v) is 16.6. The molecule has 0 saturated carbocycles. The Morgan fingerprint density at radius 3 is 2.48 bits per heavy atom. The summed E-state index contributed by atoms with van der Waals surface area (Å²) in [6.45, 7) is 7.92. The van der Waals surface area contributed by atoms with Crippen LogP contribution in [0.4, 0.5) is 0 Å². The molecule has 0 aromatic heterocycles. The average molecular weight is 367 g/mol. The molecule has 27 heavy (non-hydrogen) atoms. The Bertz CT molecular complexity index is 770. The first-order valence-corrected chi connectivity index (χ1v) is 9.78. The number of carbonyl (C=O) groups excluding carboxylic acids is 2. The van der Waals surface area contributed by atoms with Crippen LogP contribution in [0.25, 0.3) is 0 Å². The normalized spacial score (nSPS) is 12.5. The van der Waals surface area contributed by atoms with Gasteiger partial charge in [-0.2, -0.15) is 0 Å². The third-order valence-electron chi connectivity index (χ3n) is 4.62. The van der Waals surface area contributed by atoms with Gasteiger partial charge in [0.05, 0.1) is 0 Å². The summed E-state index contributed by atoms with van der Waals surface area (Å²) in [5.41, 5.74) is 4.79. The minimum absolute atomic E-state index is 0.0557. The van der Waals surface area contributed by atoms with Crippen LogP contribution in [-0.2, 0) is 29.1 Å². The van der Waals surface area contributed by atoms with Crippen LogP contribution in [0.1, 0.15) is 48.9 Å². The van der Waals surface area contributed by atoms with E-state index >= 15 is 0 Å². The molecule has 4 heteroatoms. The summed E-state index contributed by atoms with van der Waals surface area (Å²) in [6.07, 6.45) is 1.39. The van der Waals surface area contributed by atoms with Crippen LogP contribution in [0.15, 0.2) is 48.5 Å². The van der Waals surface area contributed by atoms with E-state index in [1.807, 2.05) is 56.0 Å². The monoisotopic (exact) mass is 366 g/mol. The molecule has 144 valence electrons. The van der Waals surface area contributed by atoms with Gasteiger partial charge in [0.1, 0.15) is 0 Å². The van der Waals surface area contributed by atoms with Crippen molar-refractivity contribution in [3.8, 4) is 0 Å². The number of carbonyl (C=O) groups is 2. The summed E-state index contributed by atoms with van der Waals surface area (Å²) >= 11 is 0. The molecule has 1 N–H and O–H groups in total. The van der Waals surface area contributed by atoms with E-state index in [2.05, 4.69) is 23.5 Å². The molecule has 1 heterocycles. The maximum absolute atomic E-state index is 12.4. The lowest BCUT2D eigenvalue weighted by Crippen LogP contribution is -2.36. The molecule has 0 radical (unpaired) electrons. The maximum Gasteiger partial charge on any atom is 0.223 e. The van der Waals surface area contributed by atoms with Crippen LogP contribution < -0.4 is 5.32 Å². The number of amides is 2. The van der Waals surface area contributed by atoms with Gasteiger partial charge in [0.25, 0.3) is 0 Å². The van der Waals surface area contributed by atoms with E-state index in [1.165, 1.54) is 16.7 Å². The minimum Gasteiger partial charge on any atom is -0.352 e. The van der Waals surface area contributed by atoms with Gasteiger partial charge in [-0.3, -0.25) is 9.59 Å². The SMILES string of the molecule is CC.Cc1cccc(CNC(=O)CCC(=O)N2CCc3ccccc3C2)c1. The van der Waals surface area contributed by atoms with Crippen molar-refractivity contribution >= 4 is 11.8 Å². The van der Waals surface area contributed by atoms with Crippen molar-refractivity contribution < 1.29 is 9.59 Å². The number of hydrogen-bond acceptors (Lipinski definition) is 2. The summed E-state index contributed by atoms with van der Waals surface area (Å²) in [7, 11) is 0. The first-order valence-electron chi connectivity index (χ1n) is 9.78. The minimum atomic E-state index is -0.0766. The van der Waals surface area contributed by atoms with Gasteiger partial charge in [0.2, 0.25) is 11.8 Å². The van der Waals surface area contributed by atoms with E-state index in [4.69, 9.17) is 0 Å². The van der Waals surface area contributed by atoms with E-state index in [1.54, 1.807) is 0 Å². The molecule has 0 bridgehead atoms. The van der Waals surface area contributed by atoms with E-state index in [9.17, 15) is 9.59 Å². The fraction of sp³-hybridized carbons (Fsp3) is 0.391. The quantitative estimate of drug-likeness (QED) is 0.869. The second-order valence-corrected chi connectivity index (χ2v) is 6.60. The molecular weight excluding hydrogens is 336 g/mol. The molecule has 0 aliphatic carbocycles. The fourth-order valence-electron chi connectivity index (χ4n) is 3.20. The molecule has 0 saturated heterocycles. The summed E-state index contributed by atoms with van der Waals surface area (Å²) in [4.78, 5) is 26.2. The number of hydrogen-bond donors (Lipinski definition) is 1. The third kappa shape index (κ3) is 6.24. The van der Waals surface area contributed by atoms with Gasteiger partial charge >= 0.3 is 0 Å². The van der Waals surface area contributed by atoms with Crippen LogP contribution in [0.5, 0.6) is 0 Å². The van der Waals surface area contributed by atoms with Gasteiger partial charge in [-0.15, -0.1) is 0 Å². The molecule has 0 unspecified atom stereocenters. The van der Waals surface area contributed by atoms with Gasteiger partial charge < -0.3 is 10.2 Å². The Kier molecular flexibility index (Phi) is 8.05. The number of rotatable bonds is 5. The van der Waals surface area contributed by atoms with Gasteiger partial charge in [-0.25, -0.2) is 0 Å². The second-order valence-electron chi connectivity index (χ2n) is 6.60. The molecule has 2 aromatic carbocycles. The first kappa shape index (κ1) is 20.7. The Labute approximate surface area is 162 Å². The summed E-state index contributed by atoms with van der Waals surface area (Å²) in [6, 6.07) is 16.3. The van der Waals surface area contributed by atoms with Gasteiger partial charge in [-0.05, 0) is 30.0 Å². The Morgan fingerprint density at radius 1 is 1.00 bits per heavy atom. The van der Waals surface area contributed by atoms with Crippen molar-refractivity contribution in [2.45, 2.75) is 53.1 Å². The van der Waals surface area contributed by atoms with Crippen LogP contribution in [0.2, 0.25) is 0 Å². The van der Waals surface area contributed by atoms with Crippen LogP contribution in [0, 0.1) is 6.92 Å². The maximum atomic E-state index is 12.4. The number of aryl methyl sites for hydroxylation is 1. The lowest BCUT2D eigenvalue weighted by molar-refractivity contribution is -0.134. The number of fused-ring (bicyclic) bond motifs is 1. The summed E-state index contributed by atoms with van der Waals surface area (Å²) in [5.74, 6) is -0.0209. The smallest absolute Gasteiger partial charge is 0.223 e. The standard InChI is InChI=1S/C21H24N2O2.C2H6/c1-16-5-4-6-17(13-16)14-22-20(24)9-10-21(25)23-12-11-18-7-2-3-8-19(18)15-23;1-2/h2-8,13H,9-12,14-15H2,1H3,(H,22,24);1-2H3. The molecule has 4 nitrogen and oxygen atoms in total. The second kappa shape index (κ2) is 10.5. The first-order chi connectivity index (χ1) is 13.1. The predicted molar refractivity (Wildman–Crippen MR) is 109 cm³/mol. The molecule has 3 rings (SSSR count). The van der Waals surface area contributed by atoms with Crippen molar-refractivity contribution in [1.29, 1.82) is 0 Å². The van der Waals surface area contributed by atoms with Crippen molar-refractivity contribution in [2.75, 3.05) is 6.54 Å². The number of nitrogens with one attached hydrogen (secondary N) is 1. The molecule has 1 aliphatic rings. The highest BCUT2D eigenvalue weighted by atomic mass is 16.2. The van der Waals surface area contributed by atoms with E-state index in [0.717, 1.165) is 18.5 Å². The topological polar surface area (TPSA) is 49.4 Å². The lowest BCUT2D eigenvalue weighted by atomic mass is 9.99. The van der Waals surface area contributed by atoms with E-state index in [0.29, 0.717) is 13.1 Å². The number of benzene rings is 2. The van der Waals surface area contributed by atoms with Gasteiger partial charge in [0, 0.05) is 32.5 Å². The summed E-state index contributed by atoms with van der Waals surface area (Å²) < 4.78 is 0. The van der Waals surface area contributed by atoms with E-state index < -0.39 is 0 Å². The predicted octanol–water partition coefficient (Wildman–Crippen LogP) is 4.00. The Balaban J connectivity index is 0.00000126. The molecule has 2 amide bonds. The lowest BCUT2D eigenvalue weighted by Gasteiger charge is -2.28. The largest absolute Gasteiger partial charge is 0.352 e. The third-order valence-corrected chi connectivity index (χ3v) is 4.62. The van der Waals surface area contributed by atoms with Crippen LogP contribution in [-0.4, -0.2) is 23.3 Å². The van der Waals surface area contributed by atoms with Crippen molar-refractivity contribution in [1.82, 2.24) is 10.2 Å². The van der Waals surface area contributed by atoms with E-state index in [-0.39, 0.29) is 24.7 Å². The van der Waals surface area contributed by atoms with Crippen LogP contribution >= 0.6 is 0 Å². The fourth-order valence-corrected chi connectivity index (χ4v) is 3.20. The molecule has 2 aromatic rings. The Hall–Kier alpha value is -2.62. The highest BCUT2D eigenvalue weighted by molar-refractivity contribution is 5.83. The molecule has 1 aliphatic heterocycles. The van der Waals surface area contributed by atoms with Gasteiger partial charge in [-0.1, -0.05) is 67.9 Å². The molecule has 0 fully saturated rings. The molecular formula is C23H30N2O2. The van der Waals surface area contributed by atoms with Crippen molar-refractivity contribution in [2.24, 2.45) is 0 Å². The van der Waals surface area contributed by atoms with Crippen molar-refractivity contribution in [3.05, 3.63) is 70.8 Å². The van der Waals surface area contributed by atoms with Crippen molar-refractivity contribution in [3.63, 3.8) is 0 Å². The highest BCUT2D eigenvalue weighted by Gasteiger charge is 2.20. The molecule has 0 atom stereocenters. The zero-order chi connectivity index (χ0) is 19.6.